The van der Waals surface area contributed by atoms with E-state index in [4.69, 9.17) is 24.5 Å². The van der Waals surface area contributed by atoms with Crippen LogP contribution in [0.2, 0.25) is 0 Å². The van der Waals surface area contributed by atoms with Crippen molar-refractivity contribution in [1.29, 1.82) is 0 Å². The summed E-state index contributed by atoms with van der Waals surface area (Å²) >= 11 is 0. The first-order chi connectivity index (χ1) is 17.2. The van der Waals surface area contributed by atoms with Gasteiger partial charge in [-0.3, -0.25) is 14.6 Å². The van der Waals surface area contributed by atoms with Crippen molar-refractivity contribution >= 4 is 11.9 Å². The van der Waals surface area contributed by atoms with Crippen molar-refractivity contribution in [1.82, 2.24) is 24.9 Å². The van der Waals surface area contributed by atoms with Crippen molar-refractivity contribution in [2.45, 2.75) is 44.3 Å². The number of carboxylic acids is 2. The highest BCUT2D eigenvalue weighted by atomic mass is 19.4. The highest BCUT2D eigenvalue weighted by Crippen LogP contribution is 2.33. The molecule has 1 unspecified atom stereocenters. The first-order valence-corrected chi connectivity index (χ1v) is 10.9. The van der Waals surface area contributed by atoms with Gasteiger partial charge in [0.1, 0.15) is 5.69 Å². The lowest BCUT2D eigenvalue weighted by Crippen LogP contribution is -2.37. The number of aromatic nitrogens is 4. The fraction of sp³-hybridized carbons (Fsp3) is 0.571. The van der Waals surface area contributed by atoms with Crippen LogP contribution in [0.15, 0.2) is 24.4 Å². The second-order valence-corrected chi connectivity index (χ2v) is 8.32. The molecule has 1 saturated carbocycles. The van der Waals surface area contributed by atoms with Crippen LogP contribution in [-0.4, -0.2) is 79.1 Å². The number of aryl methyl sites for hydroxylation is 1. The van der Waals surface area contributed by atoms with Gasteiger partial charge >= 0.3 is 24.3 Å². The zero-order valence-electron chi connectivity index (χ0n) is 19.5. The number of alkyl halides is 6. The van der Waals surface area contributed by atoms with Gasteiger partial charge in [-0.2, -0.15) is 26.3 Å². The van der Waals surface area contributed by atoms with Gasteiger partial charge in [0.15, 0.2) is 0 Å². The number of hydrogen-bond donors (Lipinski definition) is 2. The minimum absolute atomic E-state index is 0.334. The molecule has 1 aliphatic carbocycles. The van der Waals surface area contributed by atoms with Crippen LogP contribution in [0.5, 0.6) is 0 Å². The number of fused-ring (bicyclic) bond motifs is 1. The van der Waals surface area contributed by atoms with Crippen molar-refractivity contribution in [3.05, 3.63) is 41.5 Å². The summed E-state index contributed by atoms with van der Waals surface area (Å²) in [4.78, 5) is 24.6. The highest BCUT2D eigenvalue weighted by Gasteiger charge is 2.39. The monoisotopic (exact) mass is 541 g/mol. The molecule has 2 aliphatic rings. The lowest BCUT2D eigenvalue weighted by molar-refractivity contribution is -0.193. The second-order valence-electron chi connectivity index (χ2n) is 8.32. The van der Waals surface area contributed by atoms with Gasteiger partial charge < -0.3 is 14.9 Å². The first-order valence-electron chi connectivity index (χ1n) is 10.9. The Labute approximate surface area is 206 Å². The molecule has 0 radical (unpaired) electrons. The normalized spacial score (nSPS) is 17.5. The van der Waals surface area contributed by atoms with Crippen LogP contribution in [0.25, 0.3) is 0 Å². The van der Waals surface area contributed by atoms with E-state index in [0.717, 1.165) is 30.4 Å². The van der Waals surface area contributed by atoms with Crippen molar-refractivity contribution < 1.29 is 50.9 Å². The average molecular weight is 541 g/mol. The van der Waals surface area contributed by atoms with Crippen molar-refractivity contribution in [3.63, 3.8) is 0 Å². The summed E-state index contributed by atoms with van der Waals surface area (Å²) in [6, 6.07) is 5.91. The van der Waals surface area contributed by atoms with Gasteiger partial charge in [0.05, 0.1) is 24.6 Å². The Morgan fingerprint density at radius 3 is 2.16 bits per heavy atom. The van der Waals surface area contributed by atoms with Crippen molar-refractivity contribution in [2.24, 2.45) is 13.0 Å². The van der Waals surface area contributed by atoms with Crippen LogP contribution in [0.3, 0.4) is 0 Å². The van der Waals surface area contributed by atoms with Crippen LogP contribution >= 0.6 is 0 Å². The quantitative estimate of drug-likeness (QED) is 0.530. The highest BCUT2D eigenvalue weighted by molar-refractivity contribution is 5.73. The minimum atomic E-state index is -5.08. The van der Waals surface area contributed by atoms with Crippen LogP contribution in [-0.2, 0) is 34.5 Å². The fourth-order valence-electron chi connectivity index (χ4n) is 3.42. The zero-order valence-corrected chi connectivity index (χ0v) is 19.5. The van der Waals surface area contributed by atoms with E-state index in [2.05, 4.69) is 20.2 Å². The van der Waals surface area contributed by atoms with E-state index in [0.29, 0.717) is 19.1 Å². The molecule has 3 heterocycles. The third-order valence-corrected chi connectivity index (χ3v) is 5.18. The molecule has 1 atom stereocenters. The molecule has 37 heavy (non-hydrogen) atoms. The van der Waals surface area contributed by atoms with E-state index in [9.17, 15) is 26.3 Å². The Bertz CT molecular complexity index is 1000. The Hall–Kier alpha value is -3.27. The lowest BCUT2D eigenvalue weighted by atomic mass is 9.98. The van der Waals surface area contributed by atoms with Crippen LogP contribution < -0.4 is 0 Å². The van der Waals surface area contributed by atoms with E-state index < -0.39 is 24.3 Å². The molecular weight excluding hydrogens is 516 g/mol. The molecule has 16 heteroatoms. The number of ether oxygens (including phenoxy) is 1. The number of hydrogen-bond acceptors (Lipinski definition) is 7. The summed E-state index contributed by atoms with van der Waals surface area (Å²) in [5.41, 5.74) is 3.32. The van der Waals surface area contributed by atoms with Gasteiger partial charge in [0.25, 0.3) is 0 Å². The molecular formula is C21H25F6N5O5. The third kappa shape index (κ3) is 10.3. The van der Waals surface area contributed by atoms with Crippen LogP contribution in [0, 0.1) is 5.92 Å². The number of rotatable bonds is 6. The molecule has 10 nitrogen and oxygen atoms in total. The Kier molecular flexibility index (Phi) is 10.4. The molecule has 4 rings (SSSR count). The summed E-state index contributed by atoms with van der Waals surface area (Å²) in [6.45, 7) is 4.39. The smallest absolute Gasteiger partial charge is 0.475 e. The molecule has 2 aromatic rings. The van der Waals surface area contributed by atoms with Gasteiger partial charge in [-0.05, 0) is 30.9 Å². The maximum absolute atomic E-state index is 10.6. The predicted molar refractivity (Wildman–Crippen MR) is 113 cm³/mol. The van der Waals surface area contributed by atoms with Gasteiger partial charge in [-0.1, -0.05) is 11.3 Å². The molecule has 1 aliphatic heterocycles. The number of carbonyl (C=O) groups is 2. The zero-order chi connectivity index (χ0) is 27.8. The number of halogens is 6. The summed E-state index contributed by atoms with van der Waals surface area (Å²) in [7, 11) is 1.98. The maximum atomic E-state index is 10.6. The van der Waals surface area contributed by atoms with E-state index in [-0.39, 0.29) is 0 Å². The molecule has 2 aromatic heterocycles. The largest absolute Gasteiger partial charge is 0.490 e. The molecule has 1 fully saturated rings. The van der Waals surface area contributed by atoms with Crippen LogP contribution in [0.4, 0.5) is 26.3 Å². The Balaban J connectivity index is 0.000000286. The molecule has 0 amide bonds. The SMILES string of the molecule is Cn1nnc2c1C(COCc1ccccn1)CN(CC1CC1)C2.O=C(O)C(F)(F)F.O=C(O)C(F)(F)F. The van der Waals surface area contributed by atoms with Gasteiger partial charge in [0, 0.05) is 38.8 Å². The lowest BCUT2D eigenvalue weighted by Gasteiger charge is -2.32. The first kappa shape index (κ1) is 30.0. The molecule has 2 N–H and O–H groups in total. The van der Waals surface area contributed by atoms with Gasteiger partial charge in [-0.25, -0.2) is 9.59 Å². The summed E-state index contributed by atoms with van der Waals surface area (Å²) in [6.07, 6.45) is -5.60. The van der Waals surface area contributed by atoms with Gasteiger partial charge in [0.2, 0.25) is 0 Å². The summed E-state index contributed by atoms with van der Waals surface area (Å²) in [5, 5.41) is 22.8. The molecule has 206 valence electrons. The molecule has 0 saturated heterocycles. The molecule has 0 aromatic carbocycles. The standard InChI is InChI=1S/C17H23N5O.2C2HF3O2/c1-21-17-14(11-23-12-15-4-2-3-7-18-15)9-22(8-13-5-6-13)10-16(17)19-20-21;2*3-2(4,5)1(6)7/h2-4,7,13-14H,5-6,8-12H2,1H3;2*(H,6,7). The summed E-state index contributed by atoms with van der Waals surface area (Å²) < 4.78 is 71.3. The third-order valence-electron chi connectivity index (χ3n) is 5.18. The Morgan fingerprint density at radius 2 is 1.68 bits per heavy atom. The van der Waals surface area contributed by atoms with Gasteiger partial charge in [-0.15, -0.1) is 5.10 Å². The van der Waals surface area contributed by atoms with E-state index in [1.807, 2.05) is 29.9 Å². The topological polar surface area (TPSA) is 131 Å². The number of nitrogens with zero attached hydrogens (tertiary/aromatic N) is 5. The second kappa shape index (κ2) is 12.8. The molecule has 0 spiro atoms. The number of pyridine rings is 1. The minimum Gasteiger partial charge on any atom is -0.475 e. The average Bonchev–Trinajstić information content (AvgIpc) is 3.54. The summed E-state index contributed by atoms with van der Waals surface area (Å²) in [5.74, 6) is -4.29. The van der Waals surface area contributed by atoms with Crippen LogP contribution in [0.1, 0.15) is 35.8 Å². The van der Waals surface area contributed by atoms with Crippen molar-refractivity contribution in [2.75, 3.05) is 19.7 Å². The molecule has 0 bridgehead atoms. The van der Waals surface area contributed by atoms with Crippen molar-refractivity contribution in [3.8, 4) is 0 Å². The number of carboxylic acid groups (broad SMARTS) is 2. The Morgan fingerprint density at radius 1 is 1.08 bits per heavy atom. The maximum Gasteiger partial charge on any atom is 0.490 e. The van der Waals surface area contributed by atoms with E-state index in [1.165, 1.54) is 25.1 Å². The van der Waals surface area contributed by atoms with E-state index in [1.54, 1.807) is 6.20 Å². The number of aliphatic carboxylic acids is 2. The predicted octanol–water partition coefficient (Wildman–Crippen LogP) is 3.00. The fourth-order valence-corrected chi connectivity index (χ4v) is 3.42. The van der Waals surface area contributed by atoms with E-state index >= 15 is 0 Å².